The Bertz CT molecular complexity index is 213. The van der Waals surface area contributed by atoms with Crippen LogP contribution in [-0.4, -0.2) is 45.5 Å². The van der Waals surface area contributed by atoms with Crippen molar-refractivity contribution in [2.24, 2.45) is 5.92 Å². The zero-order valence-corrected chi connectivity index (χ0v) is 10.3. The van der Waals surface area contributed by atoms with E-state index in [0.717, 1.165) is 25.9 Å². The number of amides is 1. The third-order valence-electron chi connectivity index (χ3n) is 2.95. The zero-order valence-electron chi connectivity index (χ0n) is 10.3. The predicted molar refractivity (Wildman–Crippen MR) is 61.0 cm³/mol. The van der Waals surface area contributed by atoms with E-state index in [2.05, 4.69) is 10.6 Å². The third kappa shape index (κ3) is 3.73. The summed E-state index contributed by atoms with van der Waals surface area (Å²) < 4.78 is 10.2. The van der Waals surface area contributed by atoms with Crippen LogP contribution in [0.5, 0.6) is 0 Å². The molecule has 5 heteroatoms. The molecular weight excluding hydrogens is 208 g/mol. The molecule has 0 bridgehead atoms. The first-order valence-corrected chi connectivity index (χ1v) is 5.75. The van der Waals surface area contributed by atoms with Gasteiger partial charge in [0.05, 0.1) is 6.04 Å². The van der Waals surface area contributed by atoms with E-state index in [9.17, 15) is 4.79 Å². The molecule has 1 aliphatic heterocycles. The first kappa shape index (κ1) is 13.4. The van der Waals surface area contributed by atoms with Crippen molar-refractivity contribution in [3.8, 4) is 0 Å². The molecule has 1 aliphatic rings. The van der Waals surface area contributed by atoms with Gasteiger partial charge in [0, 0.05) is 20.1 Å². The maximum Gasteiger partial charge on any atom is 0.223 e. The van der Waals surface area contributed by atoms with Gasteiger partial charge in [-0.1, -0.05) is 0 Å². The first-order chi connectivity index (χ1) is 7.69. The Morgan fingerprint density at radius 2 is 1.88 bits per heavy atom. The van der Waals surface area contributed by atoms with Gasteiger partial charge in [0.1, 0.15) is 0 Å². The fourth-order valence-corrected chi connectivity index (χ4v) is 2.00. The van der Waals surface area contributed by atoms with Crippen LogP contribution in [0.25, 0.3) is 0 Å². The van der Waals surface area contributed by atoms with Gasteiger partial charge < -0.3 is 20.1 Å². The normalized spacial score (nSPS) is 19.8. The van der Waals surface area contributed by atoms with Crippen LogP contribution >= 0.6 is 0 Å². The van der Waals surface area contributed by atoms with E-state index in [4.69, 9.17) is 9.47 Å². The summed E-state index contributed by atoms with van der Waals surface area (Å²) in [5.41, 5.74) is 0. The van der Waals surface area contributed by atoms with Gasteiger partial charge >= 0.3 is 0 Å². The fraction of sp³-hybridized carbons (Fsp3) is 0.909. The Morgan fingerprint density at radius 1 is 1.31 bits per heavy atom. The number of carbonyl (C=O) groups is 1. The van der Waals surface area contributed by atoms with Crippen LogP contribution in [-0.2, 0) is 14.3 Å². The van der Waals surface area contributed by atoms with Gasteiger partial charge in [-0.05, 0) is 32.9 Å². The van der Waals surface area contributed by atoms with E-state index in [1.807, 2.05) is 6.92 Å². The molecule has 1 saturated heterocycles. The topological polar surface area (TPSA) is 59.6 Å². The molecule has 0 radical (unpaired) electrons. The largest absolute Gasteiger partial charge is 0.354 e. The maximum atomic E-state index is 11.9. The SMILES string of the molecule is COC(OC)C(C)NC(=O)C1CCNCC1. The number of piperidine rings is 1. The van der Waals surface area contributed by atoms with Crippen LogP contribution in [0.15, 0.2) is 0 Å². The third-order valence-corrected chi connectivity index (χ3v) is 2.95. The van der Waals surface area contributed by atoms with Crippen molar-refractivity contribution in [1.82, 2.24) is 10.6 Å². The lowest BCUT2D eigenvalue weighted by atomic mass is 9.97. The fourth-order valence-electron chi connectivity index (χ4n) is 2.00. The summed E-state index contributed by atoms with van der Waals surface area (Å²) in [6, 6.07) is -0.127. The highest BCUT2D eigenvalue weighted by Crippen LogP contribution is 2.12. The molecule has 1 atom stereocenters. The molecular formula is C11H22N2O3. The average molecular weight is 230 g/mol. The Balaban J connectivity index is 2.37. The molecule has 0 aromatic heterocycles. The minimum Gasteiger partial charge on any atom is -0.354 e. The number of rotatable bonds is 5. The summed E-state index contributed by atoms with van der Waals surface area (Å²) in [7, 11) is 3.14. The lowest BCUT2D eigenvalue weighted by Gasteiger charge is -2.26. The molecule has 0 aromatic carbocycles. The van der Waals surface area contributed by atoms with Crippen molar-refractivity contribution < 1.29 is 14.3 Å². The van der Waals surface area contributed by atoms with Crippen molar-refractivity contribution in [3.63, 3.8) is 0 Å². The molecule has 0 saturated carbocycles. The summed E-state index contributed by atoms with van der Waals surface area (Å²) in [6.07, 6.45) is 1.43. The number of methoxy groups -OCH3 is 2. The van der Waals surface area contributed by atoms with Crippen molar-refractivity contribution in [1.29, 1.82) is 0 Å². The van der Waals surface area contributed by atoms with Gasteiger partial charge in [0.2, 0.25) is 5.91 Å². The Labute approximate surface area is 96.9 Å². The van der Waals surface area contributed by atoms with E-state index >= 15 is 0 Å². The molecule has 1 rings (SSSR count). The van der Waals surface area contributed by atoms with E-state index in [1.54, 1.807) is 14.2 Å². The van der Waals surface area contributed by atoms with Gasteiger partial charge in [-0.15, -0.1) is 0 Å². The number of hydrogen-bond donors (Lipinski definition) is 2. The zero-order chi connectivity index (χ0) is 12.0. The van der Waals surface area contributed by atoms with E-state index in [1.165, 1.54) is 0 Å². The highest BCUT2D eigenvalue weighted by molar-refractivity contribution is 5.79. The number of carbonyl (C=O) groups excluding carboxylic acids is 1. The van der Waals surface area contributed by atoms with Gasteiger partial charge in [-0.25, -0.2) is 0 Å². The molecule has 94 valence electrons. The first-order valence-electron chi connectivity index (χ1n) is 5.75. The standard InChI is InChI=1S/C11H22N2O3/c1-8(11(15-2)16-3)13-10(14)9-4-6-12-7-5-9/h8-9,11-12H,4-7H2,1-3H3,(H,13,14). The van der Waals surface area contributed by atoms with E-state index in [0.29, 0.717) is 0 Å². The molecule has 1 unspecified atom stereocenters. The average Bonchev–Trinajstić information content (AvgIpc) is 2.31. The van der Waals surface area contributed by atoms with Crippen LogP contribution in [0, 0.1) is 5.92 Å². The Kier molecular flexibility index (Phi) is 5.73. The summed E-state index contributed by atoms with van der Waals surface area (Å²) in [5, 5.41) is 6.17. The van der Waals surface area contributed by atoms with Crippen molar-refractivity contribution in [2.75, 3.05) is 27.3 Å². The van der Waals surface area contributed by atoms with Crippen LogP contribution in [0.4, 0.5) is 0 Å². The van der Waals surface area contributed by atoms with Crippen LogP contribution in [0.3, 0.4) is 0 Å². The summed E-state index contributed by atoms with van der Waals surface area (Å²) in [5.74, 6) is 0.228. The highest BCUT2D eigenvalue weighted by Gasteiger charge is 2.24. The summed E-state index contributed by atoms with van der Waals surface area (Å²) in [6.45, 7) is 3.73. The van der Waals surface area contributed by atoms with E-state index < -0.39 is 0 Å². The Morgan fingerprint density at radius 3 is 2.38 bits per heavy atom. The molecule has 0 spiro atoms. The Hall–Kier alpha value is -0.650. The summed E-state index contributed by atoms with van der Waals surface area (Å²) in [4.78, 5) is 11.9. The molecule has 16 heavy (non-hydrogen) atoms. The minimum atomic E-state index is -0.384. The molecule has 0 aliphatic carbocycles. The molecule has 1 heterocycles. The lowest BCUT2D eigenvalue weighted by Crippen LogP contribution is -2.47. The minimum absolute atomic E-state index is 0.105. The molecule has 0 aromatic rings. The smallest absolute Gasteiger partial charge is 0.223 e. The number of ether oxygens (including phenoxy) is 2. The molecule has 1 fully saturated rings. The second kappa shape index (κ2) is 6.83. The second-order valence-electron chi connectivity index (χ2n) is 4.16. The lowest BCUT2D eigenvalue weighted by molar-refractivity contribution is -0.139. The number of hydrogen-bond acceptors (Lipinski definition) is 4. The molecule has 1 amide bonds. The van der Waals surface area contributed by atoms with Crippen molar-refractivity contribution in [3.05, 3.63) is 0 Å². The van der Waals surface area contributed by atoms with Crippen molar-refractivity contribution in [2.45, 2.75) is 32.1 Å². The van der Waals surface area contributed by atoms with Gasteiger partial charge in [-0.3, -0.25) is 4.79 Å². The van der Waals surface area contributed by atoms with Crippen LogP contribution < -0.4 is 10.6 Å². The van der Waals surface area contributed by atoms with E-state index in [-0.39, 0.29) is 24.2 Å². The van der Waals surface area contributed by atoms with Crippen molar-refractivity contribution >= 4 is 5.91 Å². The van der Waals surface area contributed by atoms with Gasteiger partial charge in [-0.2, -0.15) is 0 Å². The second-order valence-corrected chi connectivity index (χ2v) is 4.16. The summed E-state index contributed by atoms with van der Waals surface area (Å²) >= 11 is 0. The highest BCUT2D eigenvalue weighted by atomic mass is 16.7. The predicted octanol–water partition coefficient (Wildman–Crippen LogP) is 0.110. The van der Waals surface area contributed by atoms with Crippen LogP contribution in [0.1, 0.15) is 19.8 Å². The monoisotopic (exact) mass is 230 g/mol. The van der Waals surface area contributed by atoms with Crippen LogP contribution in [0.2, 0.25) is 0 Å². The molecule has 5 nitrogen and oxygen atoms in total. The van der Waals surface area contributed by atoms with Gasteiger partial charge in [0.25, 0.3) is 0 Å². The quantitative estimate of drug-likeness (QED) is 0.658. The van der Waals surface area contributed by atoms with Gasteiger partial charge in [0.15, 0.2) is 6.29 Å². The number of nitrogens with one attached hydrogen (secondary N) is 2. The maximum absolute atomic E-state index is 11.9. The molecule has 2 N–H and O–H groups in total.